The standard InChI is InChI=1S/C25H25N3OS/c1-2-24(29)27-21-11-7-12-22-20(21)16-26-28(22)23-13-6-10-18-15-19(30-25(18)23)14-17-8-4-3-5-9-17/h3-6,8-10,13,15-16,21H,2,7,11-12,14H2,1H3,(H,27,29). The van der Waals surface area contributed by atoms with Gasteiger partial charge in [0.1, 0.15) is 0 Å². The molecular formula is C25H25N3OS. The van der Waals surface area contributed by atoms with Crippen LogP contribution in [0.3, 0.4) is 0 Å². The van der Waals surface area contributed by atoms with E-state index in [1.807, 2.05) is 24.5 Å². The molecule has 0 spiro atoms. The molecule has 4 aromatic rings. The van der Waals surface area contributed by atoms with E-state index in [1.54, 1.807) is 0 Å². The number of carbonyl (C=O) groups is 1. The van der Waals surface area contributed by atoms with Gasteiger partial charge in [-0.25, -0.2) is 4.68 Å². The molecule has 30 heavy (non-hydrogen) atoms. The van der Waals surface area contributed by atoms with Gasteiger partial charge in [0.25, 0.3) is 0 Å². The zero-order valence-corrected chi connectivity index (χ0v) is 17.9. The molecule has 0 fully saturated rings. The summed E-state index contributed by atoms with van der Waals surface area (Å²) in [5.41, 5.74) is 4.87. The smallest absolute Gasteiger partial charge is 0.220 e. The van der Waals surface area contributed by atoms with Crippen molar-refractivity contribution in [3.63, 3.8) is 0 Å². The molecule has 1 unspecified atom stereocenters. The number of aromatic nitrogens is 2. The number of benzene rings is 2. The van der Waals surface area contributed by atoms with Crippen molar-refractivity contribution in [2.45, 2.75) is 45.1 Å². The topological polar surface area (TPSA) is 46.9 Å². The molecule has 1 amide bonds. The molecule has 0 saturated carbocycles. The van der Waals surface area contributed by atoms with E-state index < -0.39 is 0 Å². The third-order valence-electron chi connectivity index (χ3n) is 5.86. The van der Waals surface area contributed by atoms with Crippen molar-refractivity contribution >= 4 is 27.3 Å². The Morgan fingerprint density at radius 1 is 1.20 bits per heavy atom. The fourth-order valence-corrected chi connectivity index (χ4v) is 5.55. The molecule has 1 atom stereocenters. The second-order valence-corrected chi connectivity index (χ2v) is 9.03. The maximum absolute atomic E-state index is 12.0. The van der Waals surface area contributed by atoms with E-state index in [0.29, 0.717) is 6.42 Å². The zero-order chi connectivity index (χ0) is 20.5. The lowest BCUT2D eigenvalue weighted by Crippen LogP contribution is -2.30. The van der Waals surface area contributed by atoms with Crippen molar-refractivity contribution in [1.82, 2.24) is 15.1 Å². The number of nitrogens with one attached hydrogen (secondary N) is 1. The normalized spacial score (nSPS) is 15.8. The third kappa shape index (κ3) is 3.54. The van der Waals surface area contributed by atoms with Crippen LogP contribution in [0, 0.1) is 0 Å². The van der Waals surface area contributed by atoms with Crippen LogP contribution in [0.15, 0.2) is 60.8 Å². The Bertz CT molecular complexity index is 1190. The first-order valence-electron chi connectivity index (χ1n) is 10.6. The zero-order valence-electron chi connectivity index (χ0n) is 17.1. The molecule has 0 bridgehead atoms. The predicted molar refractivity (Wildman–Crippen MR) is 122 cm³/mol. The Hall–Kier alpha value is -2.92. The minimum atomic E-state index is 0.0751. The molecule has 152 valence electrons. The molecule has 2 heterocycles. The van der Waals surface area contributed by atoms with Gasteiger partial charge in [0.2, 0.25) is 5.91 Å². The molecule has 0 radical (unpaired) electrons. The van der Waals surface area contributed by atoms with Crippen molar-refractivity contribution in [3.8, 4) is 5.69 Å². The van der Waals surface area contributed by atoms with E-state index in [0.717, 1.165) is 31.4 Å². The number of carbonyl (C=O) groups excluding carboxylic acids is 1. The largest absolute Gasteiger partial charge is 0.349 e. The first kappa shape index (κ1) is 19.1. The highest BCUT2D eigenvalue weighted by Crippen LogP contribution is 2.36. The fourth-order valence-electron chi connectivity index (χ4n) is 4.36. The summed E-state index contributed by atoms with van der Waals surface area (Å²) in [6.45, 7) is 1.90. The third-order valence-corrected chi connectivity index (χ3v) is 7.04. The van der Waals surface area contributed by atoms with Crippen LogP contribution in [0.25, 0.3) is 15.8 Å². The molecule has 5 rings (SSSR count). The molecule has 2 aromatic carbocycles. The summed E-state index contributed by atoms with van der Waals surface area (Å²) in [6, 6.07) is 19.4. The number of amides is 1. The summed E-state index contributed by atoms with van der Waals surface area (Å²) >= 11 is 1.85. The van der Waals surface area contributed by atoms with Gasteiger partial charge in [-0.3, -0.25) is 4.79 Å². The Morgan fingerprint density at radius 3 is 2.90 bits per heavy atom. The number of nitrogens with zero attached hydrogens (tertiary/aromatic N) is 2. The van der Waals surface area contributed by atoms with Crippen LogP contribution in [0.5, 0.6) is 0 Å². The number of hydrogen-bond donors (Lipinski definition) is 1. The summed E-state index contributed by atoms with van der Waals surface area (Å²) in [7, 11) is 0. The van der Waals surface area contributed by atoms with Crippen LogP contribution in [-0.2, 0) is 17.6 Å². The van der Waals surface area contributed by atoms with Gasteiger partial charge in [-0.05, 0) is 42.3 Å². The predicted octanol–water partition coefficient (Wildman–Crippen LogP) is 5.58. The van der Waals surface area contributed by atoms with Crippen LogP contribution in [-0.4, -0.2) is 15.7 Å². The molecule has 0 saturated heterocycles. The van der Waals surface area contributed by atoms with E-state index in [4.69, 9.17) is 5.10 Å². The van der Waals surface area contributed by atoms with Crippen molar-refractivity contribution < 1.29 is 4.79 Å². The van der Waals surface area contributed by atoms with E-state index in [2.05, 4.69) is 64.6 Å². The molecule has 1 aliphatic carbocycles. The van der Waals surface area contributed by atoms with Gasteiger partial charge in [-0.2, -0.15) is 5.10 Å². The number of rotatable bonds is 5. The van der Waals surface area contributed by atoms with Gasteiger partial charge in [0.15, 0.2) is 0 Å². The molecule has 2 aromatic heterocycles. The Morgan fingerprint density at radius 2 is 2.07 bits per heavy atom. The number of thiophene rings is 1. The SMILES string of the molecule is CCC(=O)NC1CCCc2c1cnn2-c1cccc2cc(Cc3ccccc3)sc12. The Kier molecular flexibility index (Phi) is 5.13. The van der Waals surface area contributed by atoms with Crippen LogP contribution in [0.4, 0.5) is 0 Å². The monoisotopic (exact) mass is 415 g/mol. The molecule has 0 aliphatic heterocycles. The summed E-state index contributed by atoms with van der Waals surface area (Å²) in [5, 5.41) is 9.20. The molecule has 5 heteroatoms. The van der Waals surface area contributed by atoms with Gasteiger partial charge in [0.05, 0.1) is 22.6 Å². The number of hydrogen-bond acceptors (Lipinski definition) is 3. The quantitative estimate of drug-likeness (QED) is 0.462. The number of fused-ring (bicyclic) bond motifs is 2. The van der Waals surface area contributed by atoms with Crippen molar-refractivity contribution in [3.05, 3.63) is 82.5 Å². The minimum absolute atomic E-state index is 0.0751. The van der Waals surface area contributed by atoms with Gasteiger partial charge in [-0.15, -0.1) is 11.3 Å². The maximum atomic E-state index is 12.0. The average Bonchev–Trinajstić information content (AvgIpc) is 3.38. The second kappa shape index (κ2) is 8.07. The lowest BCUT2D eigenvalue weighted by atomic mass is 9.92. The first-order chi connectivity index (χ1) is 14.7. The minimum Gasteiger partial charge on any atom is -0.349 e. The van der Waals surface area contributed by atoms with Gasteiger partial charge in [-0.1, -0.05) is 49.4 Å². The van der Waals surface area contributed by atoms with Crippen molar-refractivity contribution in [1.29, 1.82) is 0 Å². The fraction of sp³-hybridized carbons (Fsp3) is 0.280. The van der Waals surface area contributed by atoms with E-state index >= 15 is 0 Å². The van der Waals surface area contributed by atoms with Crippen LogP contribution in [0.1, 0.15) is 53.9 Å². The first-order valence-corrected chi connectivity index (χ1v) is 11.5. The second-order valence-electron chi connectivity index (χ2n) is 7.89. The average molecular weight is 416 g/mol. The van der Waals surface area contributed by atoms with Crippen LogP contribution >= 0.6 is 11.3 Å². The van der Waals surface area contributed by atoms with Gasteiger partial charge in [0, 0.05) is 29.0 Å². The van der Waals surface area contributed by atoms with Gasteiger partial charge >= 0.3 is 0 Å². The van der Waals surface area contributed by atoms with Crippen molar-refractivity contribution in [2.75, 3.05) is 0 Å². The Balaban J connectivity index is 1.52. The summed E-state index contributed by atoms with van der Waals surface area (Å²) in [5.74, 6) is 0.103. The van der Waals surface area contributed by atoms with E-state index in [1.165, 1.54) is 31.8 Å². The van der Waals surface area contributed by atoms with Crippen LogP contribution in [0.2, 0.25) is 0 Å². The molecular weight excluding hydrogens is 390 g/mol. The molecule has 4 nitrogen and oxygen atoms in total. The summed E-state index contributed by atoms with van der Waals surface area (Å²) in [4.78, 5) is 13.3. The van der Waals surface area contributed by atoms with Crippen LogP contribution < -0.4 is 5.32 Å². The van der Waals surface area contributed by atoms with E-state index in [9.17, 15) is 4.79 Å². The molecule has 1 N–H and O–H groups in total. The highest BCUT2D eigenvalue weighted by molar-refractivity contribution is 7.19. The highest BCUT2D eigenvalue weighted by atomic mass is 32.1. The summed E-state index contributed by atoms with van der Waals surface area (Å²) < 4.78 is 3.37. The maximum Gasteiger partial charge on any atom is 0.220 e. The Labute approximate surface area is 180 Å². The van der Waals surface area contributed by atoms with E-state index in [-0.39, 0.29) is 11.9 Å². The summed E-state index contributed by atoms with van der Waals surface area (Å²) in [6.07, 6.45) is 6.45. The lowest BCUT2D eigenvalue weighted by molar-refractivity contribution is -0.121. The lowest BCUT2D eigenvalue weighted by Gasteiger charge is -2.24. The highest BCUT2D eigenvalue weighted by Gasteiger charge is 2.26. The van der Waals surface area contributed by atoms with Crippen molar-refractivity contribution in [2.24, 2.45) is 0 Å². The molecule has 1 aliphatic rings. The van der Waals surface area contributed by atoms with Gasteiger partial charge < -0.3 is 5.32 Å².